The molecular formula is C13H16BrN3S3. The first-order chi connectivity index (χ1) is 9.62. The van der Waals surface area contributed by atoms with Gasteiger partial charge in [0.2, 0.25) is 0 Å². The molecule has 2 N–H and O–H groups in total. The molecule has 0 saturated carbocycles. The van der Waals surface area contributed by atoms with Crippen LogP contribution in [-0.2, 0) is 6.42 Å². The second-order valence-electron chi connectivity index (χ2n) is 4.28. The predicted molar refractivity (Wildman–Crippen MR) is 91.9 cm³/mol. The average Bonchev–Trinajstić information content (AvgIpc) is 2.89. The Morgan fingerprint density at radius 3 is 2.70 bits per heavy atom. The summed E-state index contributed by atoms with van der Waals surface area (Å²) < 4.78 is 3.05. The molecule has 0 amide bonds. The van der Waals surface area contributed by atoms with Crippen LogP contribution in [0.5, 0.6) is 0 Å². The third-order valence-electron chi connectivity index (χ3n) is 2.78. The van der Waals surface area contributed by atoms with Crippen molar-refractivity contribution >= 4 is 50.8 Å². The molecule has 1 heterocycles. The van der Waals surface area contributed by atoms with Gasteiger partial charge in [-0.2, -0.15) is 0 Å². The zero-order valence-electron chi connectivity index (χ0n) is 11.3. The molecule has 0 saturated heterocycles. The van der Waals surface area contributed by atoms with Gasteiger partial charge in [-0.3, -0.25) is 0 Å². The Balaban J connectivity index is 2.09. The van der Waals surface area contributed by atoms with E-state index in [4.69, 9.17) is 5.73 Å². The highest BCUT2D eigenvalue weighted by atomic mass is 79.9. The molecule has 0 spiro atoms. The summed E-state index contributed by atoms with van der Waals surface area (Å²) in [5, 5.41) is 8.28. The summed E-state index contributed by atoms with van der Waals surface area (Å²) >= 11 is 8.51. The van der Waals surface area contributed by atoms with Crippen LogP contribution in [0.1, 0.15) is 18.9 Å². The van der Waals surface area contributed by atoms with Crippen molar-refractivity contribution in [1.82, 2.24) is 10.2 Å². The van der Waals surface area contributed by atoms with Crippen LogP contribution in [0.2, 0.25) is 0 Å². The van der Waals surface area contributed by atoms with E-state index in [9.17, 15) is 0 Å². The molecule has 0 fully saturated rings. The summed E-state index contributed by atoms with van der Waals surface area (Å²) in [5.41, 5.74) is 7.26. The van der Waals surface area contributed by atoms with E-state index in [0.29, 0.717) is 0 Å². The lowest BCUT2D eigenvalue weighted by Gasteiger charge is -2.10. The molecule has 1 aromatic heterocycles. The Bertz CT molecular complexity index is 574. The van der Waals surface area contributed by atoms with Crippen molar-refractivity contribution < 1.29 is 0 Å². The summed E-state index contributed by atoms with van der Waals surface area (Å²) in [6.45, 7) is 2.11. The van der Waals surface area contributed by atoms with E-state index in [2.05, 4.69) is 51.3 Å². The lowest BCUT2D eigenvalue weighted by Crippen LogP contribution is -2.21. The largest absolute Gasteiger partial charge is 0.327 e. The molecule has 2 aromatic rings. The number of halogens is 1. The Morgan fingerprint density at radius 2 is 2.10 bits per heavy atom. The van der Waals surface area contributed by atoms with Gasteiger partial charge < -0.3 is 5.73 Å². The number of hydrogen-bond acceptors (Lipinski definition) is 6. The Kier molecular flexibility index (Phi) is 6.35. The lowest BCUT2D eigenvalue weighted by atomic mass is 10.1. The molecule has 1 unspecified atom stereocenters. The number of nitrogens with zero attached hydrogens (tertiary/aromatic N) is 2. The van der Waals surface area contributed by atoms with Gasteiger partial charge >= 0.3 is 0 Å². The van der Waals surface area contributed by atoms with Crippen LogP contribution < -0.4 is 5.73 Å². The van der Waals surface area contributed by atoms with Crippen LogP contribution in [0.15, 0.2) is 36.2 Å². The van der Waals surface area contributed by atoms with Crippen LogP contribution in [0.25, 0.3) is 0 Å². The maximum Gasteiger partial charge on any atom is 0.179 e. The third kappa shape index (κ3) is 4.46. The second kappa shape index (κ2) is 7.79. The van der Waals surface area contributed by atoms with Gasteiger partial charge in [0.15, 0.2) is 8.68 Å². The molecule has 7 heteroatoms. The average molecular weight is 390 g/mol. The first-order valence-electron chi connectivity index (χ1n) is 6.21. The van der Waals surface area contributed by atoms with Crippen molar-refractivity contribution in [3.63, 3.8) is 0 Å². The Labute approximate surface area is 140 Å². The fourth-order valence-corrected chi connectivity index (χ4v) is 4.68. The van der Waals surface area contributed by atoms with Gasteiger partial charge in [-0.05, 0) is 52.7 Å². The van der Waals surface area contributed by atoms with Gasteiger partial charge in [-0.25, -0.2) is 0 Å². The smallest absolute Gasteiger partial charge is 0.179 e. The van der Waals surface area contributed by atoms with Crippen molar-refractivity contribution in [3.8, 4) is 0 Å². The van der Waals surface area contributed by atoms with Gasteiger partial charge in [0, 0.05) is 15.4 Å². The fraction of sp³-hybridized carbons (Fsp3) is 0.385. The SMILES string of the molecule is CCC(N)Cc1ccc(Sc2nnc(SC)s2)c(Br)c1. The van der Waals surface area contributed by atoms with Gasteiger partial charge in [0.05, 0.1) is 0 Å². The summed E-state index contributed by atoms with van der Waals surface area (Å²) in [7, 11) is 0. The topological polar surface area (TPSA) is 51.8 Å². The van der Waals surface area contributed by atoms with E-state index in [-0.39, 0.29) is 6.04 Å². The summed E-state index contributed by atoms with van der Waals surface area (Å²) in [5.74, 6) is 0. The summed E-state index contributed by atoms with van der Waals surface area (Å²) in [4.78, 5) is 1.16. The molecule has 0 bridgehead atoms. The molecule has 20 heavy (non-hydrogen) atoms. The molecule has 108 valence electrons. The van der Waals surface area contributed by atoms with E-state index in [1.165, 1.54) is 5.56 Å². The van der Waals surface area contributed by atoms with Crippen molar-refractivity contribution in [2.45, 2.75) is 39.4 Å². The minimum absolute atomic E-state index is 0.229. The number of rotatable bonds is 6. The monoisotopic (exact) mass is 389 g/mol. The fourth-order valence-electron chi connectivity index (χ4n) is 1.62. The van der Waals surface area contributed by atoms with Gasteiger partial charge in [-0.15, -0.1) is 10.2 Å². The molecule has 1 aromatic carbocycles. The van der Waals surface area contributed by atoms with Crippen LogP contribution >= 0.6 is 50.8 Å². The molecule has 0 aliphatic carbocycles. The van der Waals surface area contributed by atoms with E-state index < -0.39 is 0 Å². The predicted octanol–water partition coefficient (Wildman–Crippen LogP) is 4.45. The highest BCUT2D eigenvalue weighted by Crippen LogP contribution is 2.37. The van der Waals surface area contributed by atoms with Crippen LogP contribution in [0, 0.1) is 0 Å². The number of aromatic nitrogens is 2. The Morgan fingerprint density at radius 1 is 1.35 bits per heavy atom. The van der Waals surface area contributed by atoms with E-state index in [1.54, 1.807) is 34.9 Å². The van der Waals surface area contributed by atoms with Crippen molar-refractivity contribution in [1.29, 1.82) is 0 Å². The molecular weight excluding hydrogens is 374 g/mol. The number of benzene rings is 1. The summed E-state index contributed by atoms with van der Waals surface area (Å²) in [6.07, 6.45) is 3.92. The number of thioether (sulfide) groups is 1. The molecule has 0 aliphatic heterocycles. The minimum Gasteiger partial charge on any atom is -0.327 e. The molecule has 3 nitrogen and oxygen atoms in total. The highest BCUT2D eigenvalue weighted by Gasteiger charge is 2.09. The van der Waals surface area contributed by atoms with E-state index in [0.717, 1.165) is 30.9 Å². The molecule has 0 aliphatic rings. The minimum atomic E-state index is 0.229. The normalized spacial score (nSPS) is 12.6. The first-order valence-corrected chi connectivity index (χ1v) is 9.86. The Hall–Kier alpha value is -0.0800. The maximum atomic E-state index is 6.00. The van der Waals surface area contributed by atoms with Gasteiger partial charge in [0.25, 0.3) is 0 Å². The van der Waals surface area contributed by atoms with Crippen LogP contribution in [0.3, 0.4) is 0 Å². The quantitative estimate of drug-likeness (QED) is 0.739. The first kappa shape index (κ1) is 16.3. The van der Waals surface area contributed by atoms with Gasteiger partial charge in [-0.1, -0.05) is 47.9 Å². The van der Waals surface area contributed by atoms with Crippen molar-refractivity contribution in [2.24, 2.45) is 5.73 Å². The molecule has 2 rings (SSSR count). The highest BCUT2D eigenvalue weighted by molar-refractivity contribution is 9.10. The van der Waals surface area contributed by atoms with Crippen molar-refractivity contribution in [3.05, 3.63) is 28.2 Å². The summed E-state index contributed by atoms with van der Waals surface area (Å²) in [6, 6.07) is 6.63. The van der Waals surface area contributed by atoms with E-state index in [1.807, 2.05) is 6.26 Å². The molecule has 1 atom stereocenters. The van der Waals surface area contributed by atoms with Crippen LogP contribution in [0.4, 0.5) is 0 Å². The van der Waals surface area contributed by atoms with Crippen LogP contribution in [-0.4, -0.2) is 22.5 Å². The lowest BCUT2D eigenvalue weighted by molar-refractivity contribution is 0.646. The van der Waals surface area contributed by atoms with Gasteiger partial charge in [0.1, 0.15) is 0 Å². The standard InChI is InChI=1S/C13H16BrN3S3/c1-3-9(15)6-8-4-5-11(10(14)7-8)19-13-17-16-12(18-2)20-13/h4-5,7,9H,3,6,15H2,1-2H3. The van der Waals surface area contributed by atoms with Crippen molar-refractivity contribution in [2.75, 3.05) is 6.26 Å². The number of hydrogen-bond donors (Lipinski definition) is 1. The molecule has 0 radical (unpaired) electrons. The van der Waals surface area contributed by atoms with E-state index >= 15 is 0 Å². The number of nitrogens with two attached hydrogens (primary N) is 1. The second-order valence-corrected chi connectivity index (χ2v) is 8.45. The zero-order chi connectivity index (χ0) is 14.5. The third-order valence-corrected chi connectivity index (χ3v) is 6.72. The zero-order valence-corrected chi connectivity index (χ0v) is 15.3. The maximum absolute atomic E-state index is 6.00.